The summed E-state index contributed by atoms with van der Waals surface area (Å²) < 4.78 is 5.01. The Morgan fingerprint density at radius 2 is 1.53 bits per heavy atom. The molecule has 0 radical (unpaired) electrons. The van der Waals surface area contributed by atoms with Crippen molar-refractivity contribution in [3.8, 4) is 0 Å². The van der Waals surface area contributed by atoms with E-state index in [0.717, 1.165) is 0 Å². The lowest BCUT2D eigenvalue weighted by Crippen LogP contribution is -2.54. The normalized spacial score (nSPS) is 22.3. The zero-order chi connectivity index (χ0) is 25.8. The van der Waals surface area contributed by atoms with Gasteiger partial charge in [-0.15, -0.1) is 0 Å². The summed E-state index contributed by atoms with van der Waals surface area (Å²) in [5.74, 6) is -7.10. The molecule has 2 rings (SSSR count). The quantitative estimate of drug-likeness (QED) is 0.155. The lowest BCUT2D eigenvalue weighted by atomic mass is 9.72. The van der Waals surface area contributed by atoms with Crippen LogP contribution in [0, 0.1) is 11.8 Å². The highest BCUT2D eigenvalue weighted by atomic mass is 16.5. The molecule has 1 aromatic carbocycles. The fraction of sp³-hybridized carbons (Fsp3) is 0.480. The second-order valence-electron chi connectivity index (χ2n) is 9.16. The molecule has 0 heterocycles. The number of Topliss-reactive ketones (excluding diaryl/α,β-unsaturated/α-hetero) is 2. The third kappa shape index (κ3) is 5.72. The third-order valence-electron chi connectivity index (χ3n) is 5.87. The summed E-state index contributed by atoms with van der Waals surface area (Å²) in [6.07, 6.45) is -3.61. The molecule has 1 aromatic rings. The molecule has 9 heteroatoms. The lowest BCUT2D eigenvalue weighted by molar-refractivity contribution is -0.153. The zero-order valence-corrected chi connectivity index (χ0v) is 19.7. The van der Waals surface area contributed by atoms with Crippen LogP contribution in [0.3, 0.4) is 0 Å². The van der Waals surface area contributed by atoms with Gasteiger partial charge in [-0.2, -0.15) is 0 Å². The van der Waals surface area contributed by atoms with Gasteiger partial charge in [-0.25, -0.2) is 4.79 Å². The van der Waals surface area contributed by atoms with E-state index in [0.29, 0.717) is 5.56 Å². The van der Waals surface area contributed by atoms with E-state index in [4.69, 9.17) is 4.74 Å². The molecule has 0 saturated carbocycles. The van der Waals surface area contributed by atoms with Gasteiger partial charge in [-0.3, -0.25) is 9.59 Å². The molecule has 3 unspecified atom stereocenters. The molecule has 0 spiro atoms. The number of carbonyl (C=O) groups is 3. The lowest BCUT2D eigenvalue weighted by Gasteiger charge is -2.34. The Balaban J connectivity index is 2.54. The van der Waals surface area contributed by atoms with Crippen LogP contribution in [0.5, 0.6) is 0 Å². The standard InChI is InChI=1S/C25H32O9/c1-13(2)17(26)10-16-20(28)19(21(29)24(32)34-12-15-8-6-5-7-9-15)23(31)25(33,22(16)30)11-18(27)14(3)4/h5-9,13-14,17-18,26-29,33H,10-12H2,1-4H3. The minimum atomic E-state index is -2.86. The van der Waals surface area contributed by atoms with Crippen LogP contribution in [0.15, 0.2) is 53.0 Å². The number of hydrogen-bond acceptors (Lipinski definition) is 9. The highest BCUT2D eigenvalue weighted by Crippen LogP contribution is 2.37. The van der Waals surface area contributed by atoms with Crippen molar-refractivity contribution in [3.05, 3.63) is 58.6 Å². The van der Waals surface area contributed by atoms with E-state index in [1.54, 1.807) is 58.0 Å². The van der Waals surface area contributed by atoms with Gasteiger partial charge in [0.05, 0.1) is 12.2 Å². The van der Waals surface area contributed by atoms with Gasteiger partial charge in [0, 0.05) is 18.4 Å². The van der Waals surface area contributed by atoms with Gasteiger partial charge in [0.2, 0.25) is 17.3 Å². The van der Waals surface area contributed by atoms with Gasteiger partial charge >= 0.3 is 5.97 Å². The van der Waals surface area contributed by atoms with E-state index < -0.39 is 76.8 Å². The number of carbonyl (C=O) groups excluding carboxylic acids is 3. The number of benzene rings is 1. The van der Waals surface area contributed by atoms with Crippen molar-refractivity contribution < 1.29 is 44.7 Å². The van der Waals surface area contributed by atoms with Crippen molar-refractivity contribution in [1.29, 1.82) is 0 Å². The summed E-state index contributed by atoms with van der Waals surface area (Å²) in [4.78, 5) is 38.7. The number of ketones is 2. The van der Waals surface area contributed by atoms with Crippen LogP contribution in [0.4, 0.5) is 0 Å². The highest BCUT2D eigenvalue weighted by molar-refractivity contribution is 6.28. The predicted octanol–water partition coefficient (Wildman–Crippen LogP) is 2.05. The minimum absolute atomic E-state index is 0.246. The molecule has 1 aliphatic rings. The summed E-state index contributed by atoms with van der Waals surface area (Å²) in [5, 5.41) is 52.9. The van der Waals surface area contributed by atoms with Crippen molar-refractivity contribution in [2.24, 2.45) is 11.8 Å². The predicted molar refractivity (Wildman–Crippen MR) is 121 cm³/mol. The van der Waals surface area contributed by atoms with Crippen LogP contribution in [0.1, 0.15) is 46.1 Å². The summed E-state index contributed by atoms with van der Waals surface area (Å²) >= 11 is 0. The molecule has 0 amide bonds. The molecule has 0 aromatic heterocycles. The Bertz CT molecular complexity index is 991. The molecule has 3 atom stereocenters. The Morgan fingerprint density at radius 3 is 2.06 bits per heavy atom. The maximum Gasteiger partial charge on any atom is 0.374 e. The van der Waals surface area contributed by atoms with E-state index >= 15 is 0 Å². The van der Waals surface area contributed by atoms with Crippen LogP contribution in [0.25, 0.3) is 0 Å². The largest absolute Gasteiger partial charge is 0.507 e. The monoisotopic (exact) mass is 476 g/mol. The first-order valence-electron chi connectivity index (χ1n) is 11.1. The topological polar surface area (TPSA) is 162 Å². The van der Waals surface area contributed by atoms with E-state index in [1.807, 2.05) is 0 Å². The minimum Gasteiger partial charge on any atom is -0.507 e. The summed E-state index contributed by atoms with van der Waals surface area (Å²) in [6.45, 7) is 6.29. The maximum atomic E-state index is 13.1. The molecule has 34 heavy (non-hydrogen) atoms. The third-order valence-corrected chi connectivity index (χ3v) is 5.87. The fourth-order valence-corrected chi connectivity index (χ4v) is 3.40. The van der Waals surface area contributed by atoms with E-state index in [-0.39, 0.29) is 12.5 Å². The Kier molecular flexibility index (Phi) is 8.77. The summed E-state index contributed by atoms with van der Waals surface area (Å²) in [5.41, 5.74) is -3.79. The Morgan fingerprint density at radius 1 is 0.971 bits per heavy atom. The number of ether oxygens (including phenoxy) is 1. The summed E-state index contributed by atoms with van der Waals surface area (Å²) in [7, 11) is 0. The summed E-state index contributed by atoms with van der Waals surface area (Å²) in [6, 6.07) is 8.50. The first-order valence-corrected chi connectivity index (χ1v) is 11.1. The molecule has 186 valence electrons. The van der Waals surface area contributed by atoms with Crippen molar-refractivity contribution in [1.82, 2.24) is 0 Å². The van der Waals surface area contributed by atoms with E-state index in [9.17, 15) is 39.9 Å². The molecular weight excluding hydrogens is 444 g/mol. The average Bonchev–Trinajstić information content (AvgIpc) is 2.79. The van der Waals surface area contributed by atoms with Crippen molar-refractivity contribution >= 4 is 17.5 Å². The van der Waals surface area contributed by atoms with E-state index in [1.165, 1.54) is 0 Å². The number of esters is 1. The number of allylic oxidation sites excluding steroid dienone is 1. The molecule has 1 aliphatic carbocycles. The first-order chi connectivity index (χ1) is 15.8. The molecule has 0 bridgehead atoms. The van der Waals surface area contributed by atoms with E-state index in [2.05, 4.69) is 0 Å². The van der Waals surface area contributed by atoms with Crippen molar-refractivity contribution in [2.45, 2.75) is 65.0 Å². The number of hydrogen-bond donors (Lipinski definition) is 5. The number of rotatable bonds is 9. The van der Waals surface area contributed by atoms with Gasteiger partial charge in [0.25, 0.3) is 0 Å². The molecule has 9 nitrogen and oxygen atoms in total. The van der Waals surface area contributed by atoms with Crippen LogP contribution in [0.2, 0.25) is 0 Å². The smallest absolute Gasteiger partial charge is 0.374 e. The van der Waals surface area contributed by atoms with Crippen LogP contribution in [-0.2, 0) is 25.7 Å². The van der Waals surface area contributed by atoms with Gasteiger partial charge in [-0.1, -0.05) is 58.0 Å². The molecule has 0 aliphatic heterocycles. The molecule has 5 N–H and O–H groups in total. The molecular formula is C25H32O9. The van der Waals surface area contributed by atoms with Crippen molar-refractivity contribution in [2.75, 3.05) is 0 Å². The van der Waals surface area contributed by atoms with Gasteiger partial charge in [0.1, 0.15) is 17.9 Å². The second kappa shape index (κ2) is 10.9. The highest BCUT2D eigenvalue weighted by Gasteiger charge is 2.54. The zero-order valence-electron chi connectivity index (χ0n) is 19.7. The molecule has 0 fully saturated rings. The number of aliphatic hydroxyl groups excluding tert-OH is 4. The number of aliphatic hydroxyl groups is 5. The van der Waals surface area contributed by atoms with Gasteiger partial charge in [-0.05, 0) is 17.4 Å². The Labute approximate surface area is 198 Å². The maximum absolute atomic E-state index is 13.1. The van der Waals surface area contributed by atoms with Crippen LogP contribution >= 0.6 is 0 Å². The van der Waals surface area contributed by atoms with Crippen LogP contribution < -0.4 is 0 Å². The Hall–Kier alpha value is -3.01. The second-order valence-corrected chi connectivity index (χ2v) is 9.16. The van der Waals surface area contributed by atoms with Gasteiger partial charge in [0.15, 0.2) is 5.60 Å². The fourth-order valence-electron chi connectivity index (χ4n) is 3.40. The molecule has 0 saturated heterocycles. The first kappa shape index (κ1) is 27.2. The SMILES string of the molecule is CC(C)C(O)CC1=C(O)C(=C(O)C(=O)OCc2ccccc2)C(=O)C(O)(CC(O)C(C)C)C1=O. The van der Waals surface area contributed by atoms with Crippen molar-refractivity contribution in [3.63, 3.8) is 0 Å². The van der Waals surface area contributed by atoms with Gasteiger partial charge < -0.3 is 30.3 Å². The van der Waals surface area contributed by atoms with Crippen LogP contribution in [-0.4, -0.2) is 60.9 Å². The average molecular weight is 477 g/mol.